The summed E-state index contributed by atoms with van der Waals surface area (Å²) in [6.07, 6.45) is 0. The Morgan fingerprint density at radius 3 is 2.62 bits per heavy atom. The summed E-state index contributed by atoms with van der Waals surface area (Å²) in [7, 11) is -3.35. The van der Waals surface area contributed by atoms with Gasteiger partial charge in [0.15, 0.2) is 9.84 Å². The Kier molecular flexibility index (Phi) is 4.03. The molecule has 0 radical (unpaired) electrons. The Morgan fingerprint density at radius 2 is 1.90 bits per heavy atom. The van der Waals surface area contributed by atoms with Crippen molar-refractivity contribution in [2.24, 2.45) is 0 Å². The van der Waals surface area contributed by atoms with Crippen LogP contribution in [0.15, 0.2) is 56.7 Å². The Balaban J connectivity index is 1.93. The first-order valence-electron chi connectivity index (χ1n) is 6.47. The fraction of sp³-hybridized carbons (Fsp3) is 0.200. The van der Waals surface area contributed by atoms with Gasteiger partial charge in [0.1, 0.15) is 4.58 Å². The van der Waals surface area contributed by atoms with E-state index >= 15 is 0 Å². The van der Waals surface area contributed by atoms with E-state index in [0.717, 1.165) is 20.6 Å². The van der Waals surface area contributed by atoms with Crippen molar-refractivity contribution in [2.75, 3.05) is 11.9 Å². The lowest BCUT2D eigenvalue weighted by Gasteiger charge is -2.25. The van der Waals surface area contributed by atoms with E-state index < -0.39 is 14.4 Å². The molecule has 1 unspecified atom stereocenters. The molecule has 1 heterocycles. The normalized spacial score (nSPS) is 17.9. The van der Waals surface area contributed by atoms with Crippen molar-refractivity contribution in [3.63, 3.8) is 0 Å². The lowest BCUT2D eigenvalue weighted by Crippen LogP contribution is -2.29. The molecule has 2 aromatic carbocycles. The van der Waals surface area contributed by atoms with Gasteiger partial charge in [0, 0.05) is 21.6 Å². The highest BCUT2D eigenvalue weighted by molar-refractivity contribution is 9.10. The zero-order valence-electron chi connectivity index (χ0n) is 11.3. The van der Waals surface area contributed by atoms with Gasteiger partial charge in [0.25, 0.3) is 0 Å². The van der Waals surface area contributed by atoms with Crippen LogP contribution in [0.25, 0.3) is 0 Å². The molecule has 6 heteroatoms. The zero-order valence-corrected chi connectivity index (χ0v) is 14.6. The molecule has 1 atom stereocenters. The van der Waals surface area contributed by atoms with Gasteiger partial charge >= 0.3 is 0 Å². The van der Waals surface area contributed by atoms with Crippen molar-refractivity contribution in [3.8, 4) is 0 Å². The Labute approximate surface area is 137 Å². The summed E-state index contributed by atoms with van der Waals surface area (Å²) in [6, 6.07) is 12.9. The maximum Gasteiger partial charge on any atom is 0.192 e. The van der Waals surface area contributed by atoms with Gasteiger partial charge in [-0.05, 0) is 37.3 Å². The standard InChI is InChI=1S/C15H14BrNO2S2/c1-10-2-5-12(6-3-10)21(18,19)15-9-17-13-7-4-11(16)8-14(13)20-15/h2-8,15,17H,9H2,1H3. The fourth-order valence-electron chi connectivity index (χ4n) is 2.17. The van der Waals surface area contributed by atoms with E-state index in [9.17, 15) is 8.42 Å². The SMILES string of the molecule is Cc1ccc(S(=O)(=O)C2CNc3ccc(Br)cc3S2)cc1. The summed E-state index contributed by atoms with van der Waals surface area (Å²) < 4.78 is 25.9. The van der Waals surface area contributed by atoms with E-state index in [0.29, 0.717) is 11.4 Å². The second-order valence-corrected chi connectivity index (χ2v) is 9.52. The monoisotopic (exact) mass is 383 g/mol. The Morgan fingerprint density at radius 1 is 1.19 bits per heavy atom. The molecular weight excluding hydrogens is 370 g/mol. The third-order valence-electron chi connectivity index (χ3n) is 3.36. The van der Waals surface area contributed by atoms with Crippen LogP contribution >= 0.6 is 27.7 Å². The molecule has 0 aromatic heterocycles. The molecule has 0 amide bonds. The average Bonchev–Trinajstić information content (AvgIpc) is 2.47. The predicted molar refractivity (Wildman–Crippen MR) is 90.6 cm³/mol. The number of benzene rings is 2. The van der Waals surface area contributed by atoms with Crippen LogP contribution in [0.1, 0.15) is 5.56 Å². The smallest absolute Gasteiger partial charge is 0.192 e. The van der Waals surface area contributed by atoms with Crippen LogP contribution in [0.4, 0.5) is 5.69 Å². The second-order valence-electron chi connectivity index (χ2n) is 4.93. The highest BCUT2D eigenvalue weighted by Crippen LogP contribution is 2.40. The number of nitrogens with one attached hydrogen (secondary N) is 1. The topological polar surface area (TPSA) is 46.2 Å². The van der Waals surface area contributed by atoms with Crippen LogP contribution in [-0.2, 0) is 9.84 Å². The van der Waals surface area contributed by atoms with Gasteiger partial charge in [-0.3, -0.25) is 0 Å². The fourth-order valence-corrected chi connectivity index (χ4v) is 5.87. The molecule has 110 valence electrons. The molecule has 1 aliphatic rings. The molecule has 0 fully saturated rings. The van der Waals surface area contributed by atoms with Crippen LogP contribution in [0.3, 0.4) is 0 Å². The highest BCUT2D eigenvalue weighted by Gasteiger charge is 2.32. The molecule has 21 heavy (non-hydrogen) atoms. The number of aryl methyl sites for hydroxylation is 1. The third kappa shape index (κ3) is 2.98. The number of thioether (sulfide) groups is 1. The van der Waals surface area contributed by atoms with Crippen molar-refractivity contribution in [1.82, 2.24) is 0 Å². The van der Waals surface area contributed by atoms with Gasteiger partial charge in [-0.15, -0.1) is 11.8 Å². The largest absolute Gasteiger partial charge is 0.382 e. The van der Waals surface area contributed by atoms with E-state index in [-0.39, 0.29) is 0 Å². The number of hydrogen-bond acceptors (Lipinski definition) is 4. The van der Waals surface area contributed by atoms with Crippen LogP contribution in [0.2, 0.25) is 0 Å². The van der Waals surface area contributed by atoms with E-state index in [1.165, 1.54) is 11.8 Å². The van der Waals surface area contributed by atoms with Crippen molar-refractivity contribution in [2.45, 2.75) is 21.3 Å². The predicted octanol–water partition coefficient (Wildman–Crippen LogP) is 4.08. The summed E-state index contributed by atoms with van der Waals surface area (Å²) in [5, 5.41) is 3.21. The molecule has 1 aliphatic heterocycles. The van der Waals surface area contributed by atoms with E-state index in [4.69, 9.17) is 0 Å². The van der Waals surface area contributed by atoms with E-state index in [1.54, 1.807) is 12.1 Å². The number of fused-ring (bicyclic) bond motifs is 1. The summed E-state index contributed by atoms with van der Waals surface area (Å²) >= 11 is 4.82. The Bertz CT molecular complexity index is 773. The number of hydrogen-bond donors (Lipinski definition) is 1. The summed E-state index contributed by atoms with van der Waals surface area (Å²) in [5.41, 5.74) is 2.04. The number of rotatable bonds is 2. The molecule has 0 aliphatic carbocycles. The number of anilines is 1. The van der Waals surface area contributed by atoms with Crippen molar-refractivity contribution in [3.05, 3.63) is 52.5 Å². The first-order valence-corrected chi connectivity index (χ1v) is 9.69. The van der Waals surface area contributed by atoms with Gasteiger partial charge < -0.3 is 5.32 Å². The van der Waals surface area contributed by atoms with E-state index in [1.807, 2.05) is 37.3 Å². The average molecular weight is 384 g/mol. The minimum Gasteiger partial charge on any atom is -0.382 e. The molecule has 0 saturated heterocycles. The number of sulfone groups is 1. The van der Waals surface area contributed by atoms with Crippen molar-refractivity contribution < 1.29 is 8.42 Å². The van der Waals surface area contributed by atoms with Crippen molar-refractivity contribution in [1.29, 1.82) is 0 Å². The lowest BCUT2D eigenvalue weighted by atomic mass is 10.2. The lowest BCUT2D eigenvalue weighted by molar-refractivity contribution is 0.593. The summed E-state index contributed by atoms with van der Waals surface area (Å²) in [6.45, 7) is 2.36. The maximum atomic E-state index is 12.7. The van der Waals surface area contributed by atoms with Crippen LogP contribution in [0.5, 0.6) is 0 Å². The Hall–Kier alpha value is -0.980. The minimum absolute atomic E-state index is 0.380. The molecule has 3 rings (SSSR count). The number of halogens is 1. The van der Waals surface area contributed by atoms with Crippen molar-refractivity contribution >= 4 is 43.2 Å². The van der Waals surface area contributed by atoms with Gasteiger partial charge in [0.05, 0.1) is 4.90 Å². The second kappa shape index (κ2) is 5.66. The molecule has 0 bridgehead atoms. The summed E-state index contributed by atoms with van der Waals surface area (Å²) in [5.74, 6) is 0. The quantitative estimate of drug-likeness (QED) is 0.848. The molecular formula is C15H14BrNO2S2. The maximum absolute atomic E-state index is 12.7. The van der Waals surface area contributed by atoms with Gasteiger partial charge in [-0.25, -0.2) is 8.42 Å². The molecule has 2 aromatic rings. The van der Waals surface area contributed by atoms with Gasteiger partial charge in [-0.2, -0.15) is 0 Å². The third-order valence-corrected chi connectivity index (χ3v) is 7.71. The zero-order chi connectivity index (χ0) is 15.0. The molecule has 3 nitrogen and oxygen atoms in total. The van der Waals surface area contributed by atoms with Gasteiger partial charge in [-0.1, -0.05) is 33.6 Å². The van der Waals surface area contributed by atoms with Gasteiger partial charge in [0.2, 0.25) is 0 Å². The molecule has 0 spiro atoms. The van der Waals surface area contributed by atoms with Crippen LogP contribution < -0.4 is 5.32 Å². The highest BCUT2D eigenvalue weighted by atomic mass is 79.9. The molecule has 1 N–H and O–H groups in total. The summed E-state index contributed by atoms with van der Waals surface area (Å²) in [4.78, 5) is 1.34. The van der Waals surface area contributed by atoms with Crippen LogP contribution in [0, 0.1) is 6.92 Å². The first-order chi connectivity index (χ1) is 9.96. The van der Waals surface area contributed by atoms with Crippen LogP contribution in [-0.4, -0.2) is 19.5 Å². The van der Waals surface area contributed by atoms with E-state index in [2.05, 4.69) is 21.2 Å². The minimum atomic E-state index is -3.35. The first kappa shape index (κ1) is 14.9. The molecule has 0 saturated carbocycles.